The Morgan fingerprint density at radius 2 is 0.776 bits per heavy atom. The number of ketones is 1. The van der Waals surface area contributed by atoms with Crippen molar-refractivity contribution < 1.29 is 40.2 Å². The zero-order chi connectivity index (χ0) is 44.4. The van der Waals surface area contributed by atoms with Crippen molar-refractivity contribution in [3.05, 3.63) is 0 Å². The number of hydrogen-bond acceptors (Lipinski definition) is 9. The second kappa shape index (κ2) is 43.7. The summed E-state index contributed by atoms with van der Waals surface area (Å²) in [5.41, 5.74) is 0. The summed E-state index contributed by atoms with van der Waals surface area (Å²) in [5, 5.41) is 2.62. The standard InChI is InChI=1S/C7H15NO.C7H14O2.C7H14O.C6H15NO2S.C6H14O2S.C6H14OS.5CH4/c1-5(2)7(9)8-6(3)4;1-5(2)7(8)9-6(3)4;1-5(2)7(8)6(3)4;1-5(2)7-10(8,9)6(3)4;1-5(2)9(7,8)6(3)4;1-5(2)8(7)6(3)4;;;;;/h5-6H,1-4H3,(H,8,9);5-6H,1-4H3;5-6H,1-4H3;5-7H,1-4H3;5-6H,1-4H3;5-6H,1-4H3;5*1H4. The summed E-state index contributed by atoms with van der Waals surface area (Å²) in [7, 11) is -6.49. The molecular weight excluding hydrogens is 797 g/mol. The molecule has 0 saturated carbocycles. The van der Waals surface area contributed by atoms with Crippen LogP contribution in [0.1, 0.15) is 203 Å². The van der Waals surface area contributed by atoms with Crippen molar-refractivity contribution >= 4 is 48.3 Å². The average molecular weight is 904 g/mol. The van der Waals surface area contributed by atoms with Gasteiger partial charge in [-0.2, -0.15) is 0 Å². The average Bonchev–Trinajstić information content (AvgIpc) is 2.96. The number of amides is 1. The first kappa shape index (κ1) is 84.2. The van der Waals surface area contributed by atoms with Gasteiger partial charge >= 0.3 is 5.97 Å². The maximum absolute atomic E-state index is 11.0. The molecule has 0 saturated heterocycles. The van der Waals surface area contributed by atoms with E-state index in [2.05, 4.69) is 10.0 Å². The van der Waals surface area contributed by atoms with Gasteiger partial charge in [-0.05, 0) is 83.1 Å². The number of nitrogens with one attached hydrogen (secondary N) is 2. The monoisotopic (exact) mass is 903 g/mol. The highest BCUT2D eigenvalue weighted by Crippen LogP contribution is 2.07. The minimum atomic E-state index is -3.05. The van der Waals surface area contributed by atoms with Gasteiger partial charge in [-0.15, -0.1) is 0 Å². The molecule has 0 aliphatic heterocycles. The number of Topliss-reactive ketones (excluding diaryl/α,β-unsaturated/α-hetero) is 1. The number of sulfonamides is 1. The van der Waals surface area contributed by atoms with Crippen LogP contribution < -0.4 is 10.0 Å². The molecule has 1 amide bonds. The van der Waals surface area contributed by atoms with Crippen molar-refractivity contribution in [3.8, 4) is 0 Å². The number of ether oxygens (including phenoxy) is 1. The van der Waals surface area contributed by atoms with Crippen molar-refractivity contribution in [2.45, 2.75) is 248 Å². The summed E-state index contributed by atoms with van der Waals surface area (Å²) in [4.78, 5) is 32.4. The third kappa shape index (κ3) is 54.6. The van der Waals surface area contributed by atoms with Gasteiger partial charge in [-0.1, -0.05) is 120 Å². The lowest BCUT2D eigenvalue weighted by molar-refractivity contribution is -0.151. The molecule has 0 spiro atoms. The molecular formula is C44H106N2O9S3. The smallest absolute Gasteiger partial charge is 0.308 e. The summed E-state index contributed by atoms with van der Waals surface area (Å²) < 4.78 is 62.4. The Morgan fingerprint density at radius 1 is 0.466 bits per heavy atom. The summed E-state index contributed by atoms with van der Waals surface area (Å²) in [6.45, 7) is 44.4. The first-order valence-corrected chi connectivity index (χ1v) is 23.5. The third-order valence-electron chi connectivity index (χ3n) is 6.18. The normalized spacial score (nSPS) is 10.6. The van der Waals surface area contributed by atoms with Crippen molar-refractivity contribution in [1.82, 2.24) is 10.0 Å². The number of hydrogen-bond donors (Lipinski definition) is 2. The molecule has 0 fully saturated rings. The maximum atomic E-state index is 11.0. The molecule has 0 rings (SSSR count). The third-order valence-corrected chi connectivity index (χ3v) is 12.7. The largest absolute Gasteiger partial charge is 0.463 e. The van der Waals surface area contributed by atoms with Crippen LogP contribution in [0, 0.1) is 23.7 Å². The van der Waals surface area contributed by atoms with Crippen LogP contribution in [0.5, 0.6) is 0 Å². The first-order chi connectivity index (χ1) is 23.4. The van der Waals surface area contributed by atoms with Gasteiger partial charge in [-0.3, -0.25) is 18.6 Å². The van der Waals surface area contributed by atoms with Gasteiger partial charge in [0.15, 0.2) is 9.84 Å². The molecule has 14 heteroatoms. The maximum Gasteiger partial charge on any atom is 0.308 e. The second-order valence-corrected chi connectivity index (χ2v) is 24.0. The zero-order valence-electron chi connectivity index (χ0n) is 38.3. The summed E-state index contributed by atoms with van der Waals surface area (Å²) in [6, 6.07) is 0.257. The predicted molar refractivity (Wildman–Crippen MR) is 262 cm³/mol. The Hall–Kier alpha value is -1.38. The molecule has 0 aromatic heterocycles. The van der Waals surface area contributed by atoms with E-state index < -0.39 is 30.7 Å². The topological polar surface area (TPSA) is 170 Å². The molecule has 58 heavy (non-hydrogen) atoms. The Balaban J connectivity index is -0.0000000500. The molecule has 0 unspecified atom stereocenters. The van der Waals surface area contributed by atoms with Crippen LogP contribution in [0.3, 0.4) is 0 Å². The fourth-order valence-electron chi connectivity index (χ4n) is 3.04. The number of sulfone groups is 1. The number of rotatable bonds is 13. The molecule has 0 aromatic rings. The molecule has 0 heterocycles. The minimum absolute atomic E-state index is 0. The summed E-state index contributed by atoms with van der Waals surface area (Å²) in [5.74, 6) is 0.866. The van der Waals surface area contributed by atoms with Crippen LogP contribution in [0.4, 0.5) is 0 Å². The lowest BCUT2D eigenvalue weighted by atomic mass is 9.99. The molecule has 11 nitrogen and oxygen atoms in total. The van der Waals surface area contributed by atoms with Gasteiger partial charge in [0.2, 0.25) is 15.9 Å². The van der Waals surface area contributed by atoms with E-state index in [0.29, 0.717) is 16.3 Å². The van der Waals surface area contributed by atoms with E-state index in [-0.39, 0.29) is 107 Å². The fraction of sp³-hybridized carbons (Fsp3) is 0.932. The Kier molecular flexibility index (Phi) is 63.4. The van der Waals surface area contributed by atoms with E-state index in [9.17, 15) is 35.4 Å². The van der Waals surface area contributed by atoms with Gasteiger partial charge in [-0.25, -0.2) is 21.6 Å². The Labute approximate surface area is 368 Å². The van der Waals surface area contributed by atoms with Gasteiger partial charge in [0.1, 0.15) is 5.78 Å². The molecule has 0 radical (unpaired) electrons. The first-order valence-electron chi connectivity index (χ1n) is 19.1. The Morgan fingerprint density at radius 3 is 0.828 bits per heavy atom. The van der Waals surface area contributed by atoms with E-state index in [1.165, 1.54) is 0 Å². The zero-order valence-corrected chi connectivity index (χ0v) is 40.8. The molecule has 0 bridgehead atoms. The predicted octanol–water partition coefficient (Wildman–Crippen LogP) is 11.3. The lowest BCUT2D eigenvalue weighted by Crippen LogP contribution is -2.35. The molecule has 0 aliphatic carbocycles. The van der Waals surface area contributed by atoms with E-state index >= 15 is 0 Å². The molecule has 2 N–H and O–H groups in total. The summed E-state index contributed by atoms with van der Waals surface area (Å²) in [6.07, 6.45) is 0.0138. The van der Waals surface area contributed by atoms with E-state index in [1.54, 1.807) is 55.4 Å². The van der Waals surface area contributed by atoms with Crippen molar-refractivity contribution in [3.63, 3.8) is 0 Å². The van der Waals surface area contributed by atoms with Gasteiger partial charge in [0.25, 0.3) is 0 Å². The molecule has 0 aromatic carbocycles. The van der Waals surface area contributed by atoms with Crippen molar-refractivity contribution in [1.29, 1.82) is 0 Å². The van der Waals surface area contributed by atoms with Crippen LogP contribution in [-0.2, 0) is 49.8 Å². The number of esters is 1. The minimum Gasteiger partial charge on any atom is -0.463 e. The van der Waals surface area contributed by atoms with E-state index in [1.807, 2.05) is 111 Å². The highest BCUT2D eigenvalue weighted by atomic mass is 32.2. The van der Waals surface area contributed by atoms with Crippen LogP contribution >= 0.6 is 0 Å². The highest BCUT2D eigenvalue weighted by Gasteiger charge is 2.20. The SMILES string of the molecule is C.C.C.C.C.CC(C)C(=O)C(C)C.CC(C)NC(=O)C(C)C.CC(C)NS(=O)(=O)C(C)C.CC(C)OC(=O)C(C)C.CC(C)S(=O)(=O)C(C)C.CC(C)S(=O)C(C)C. The van der Waals surface area contributed by atoms with Crippen LogP contribution in [0.15, 0.2) is 0 Å². The van der Waals surface area contributed by atoms with Gasteiger partial charge < -0.3 is 10.1 Å². The number of carbonyl (C=O) groups excluding carboxylic acids is 3. The molecule has 0 aliphatic rings. The van der Waals surface area contributed by atoms with E-state index in [4.69, 9.17) is 4.74 Å². The quantitative estimate of drug-likeness (QED) is 0.171. The van der Waals surface area contributed by atoms with E-state index in [0.717, 1.165) is 0 Å². The summed E-state index contributed by atoms with van der Waals surface area (Å²) >= 11 is 0. The van der Waals surface area contributed by atoms with Crippen molar-refractivity contribution in [2.75, 3.05) is 0 Å². The van der Waals surface area contributed by atoms with Gasteiger partial charge in [0.05, 0.1) is 27.8 Å². The second-order valence-electron chi connectivity index (χ2n) is 16.1. The Bertz CT molecular complexity index is 1100. The molecule has 364 valence electrons. The van der Waals surface area contributed by atoms with Crippen LogP contribution in [0.2, 0.25) is 0 Å². The van der Waals surface area contributed by atoms with Gasteiger partial charge in [0, 0.05) is 51.1 Å². The number of carbonyl (C=O) groups is 3. The van der Waals surface area contributed by atoms with Crippen molar-refractivity contribution in [2.24, 2.45) is 23.7 Å². The lowest BCUT2D eigenvalue weighted by Gasteiger charge is -2.11. The van der Waals surface area contributed by atoms with Crippen LogP contribution in [0.25, 0.3) is 0 Å². The van der Waals surface area contributed by atoms with Crippen LogP contribution in [-0.4, -0.2) is 83.1 Å². The highest BCUT2D eigenvalue weighted by molar-refractivity contribution is 7.92. The fourth-order valence-corrected chi connectivity index (χ4v) is 6.15. The molecule has 0 atom stereocenters.